The van der Waals surface area contributed by atoms with Gasteiger partial charge in [0.05, 0.1) is 17.0 Å². The lowest BCUT2D eigenvalue weighted by Crippen LogP contribution is -2.29. The number of thiazole rings is 1. The van der Waals surface area contributed by atoms with Crippen molar-refractivity contribution >= 4 is 49.3 Å². The number of hydrogen-bond acceptors (Lipinski definition) is 5. The Bertz CT molecular complexity index is 1330. The summed E-state index contributed by atoms with van der Waals surface area (Å²) in [6.07, 6.45) is 1.65. The van der Waals surface area contributed by atoms with Crippen LogP contribution in [0.3, 0.4) is 0 Å². The van der Waals surface area contributed by atoms with Gasteiger partial charge in [0.15, 0.2) is 10.6 Å². The van der Waals surface area contributed by atoms with E-state index in [1.165, 1.54) is 11.3 Å². The van der Waals surface area contributed by atoms with Crippen LogP contribution < -0.4 is 10.3 Å². The topological polar surface area (TPSA) is 63.4 Å². The average Bonchev–Trinajstić information content (AvgIpc) is 3.31. The maximum atomic E-state index is 13.5. The van der Waals surface area contributed by atoms with Gasteiger partial charge in [0.25, 0.3) is 5.91 Å². The SMILES string of the molecule is Cc1cc2oc3c(c(=O)c2cc1C)C(c1ccc(Br)cc1)N(c1nccs1)C3=O. The van der Waals surface area contributed by atoms with Crippen LogP contribution in [0, 0.1) is 13.8 Å². The summed E-state index contributed by atoms with van der Waals surface area (Å²) in [5.41, 5.74) is 3.46. The van der Waals surface area contributed by atoms with Crippen LogP contribution in [0.15, 0.2) is 61.7 Å². The molecule has 5 rings (SSSR count). The zero-order valence-corrected chi connectivity index (χ0v) is 18.0. The Hall–Kier alpha value is -2.77. The molecule has 2 aromatic heterocycles. The second kappa shape index (κ2) is 6.64. The lowest BCUT2D eigenvalue weighted by molar-refractivity contribution is 0.0971. The molecule has 4 aromatic rings. The highest BCUT2D eigenvalue weighted by Crippen LogP contribution is 2.42. The number of anilines is 1. The van der Waals surface area contributed by atoms with Gasteiger partial charge in [0, 0.05) is 16.0 Å². The molecule has 1 aliphatic rings. The number of nitrogens with zero attached hydrogens (tertiary/aromatic N) is 2. The van der Waals surface area contributed by atoms with Crippen molar-refractivity contribution in [2.75, 3.05) is 4.90 Å². The van der Waals surface area contributed by atoms with E-state index in [0.29, 0.717) is 21.7 Å². The molecule has 0 bridgehead atoms. The Morgan fingerprint density at radius 1 is 1.10 bits per heavy atom. The average molecular weight is 467 g/mol. The van der Waals surface area contributed by atoms with E-state index in [9.17, 15) is 9.59 Å². The predicted molar refractivity (Wildman–Crippen MR) is 117 cm³/mol. The number of carbonyl (C=O) groups excluding carboxylic acids is 1. The second-order valence-electron chi connectivity index (χ2n) is 7.05. The third-order valence-electron chi connectivity index (χ3n) is 5.30. The highest BCUT2D eigenvalue weighted by atomic mass is 79.9. The Labute approximate surface area is 178 Å². The first kappa shape index (κ1) is 18.3. The normalized spacial score (nSPS) is 15.9. The minimum absolute atomic E-state index is 0.0915. The summed E-state index contributed by atoms with van der Waals surface area (Å²) in [6, 6.07) is 10.7. The standard InChI is InChI=1S/C22H15BrN2O3S/c1-11-9-15-16(10-12(11)2)28-20-17(19(15)26)18(13-3-5-14(23)6-4-13)25(21(20)27)22-24-7-8-29-22/h3-10,18H,1-2H3. The number of halogens is 1. The van der Waals surface area contributed by atoms with Crippen molar-refractivity contribution in [2.45, 2.75) is 19.9 Å². The largest absolute Gasteiger partial charge is 0.450 e. The summed E-state index contributed by atoms with van der Waals surface area (Å²) in [5, 5.41) is 2.83. The molecule has 0 N–H and O–H groups in total. The fraction of sp³-hybridized carbons (Fsp3) is 0.136. The van der Waals surface area contributed by atoms with Gasteiger partial charge in [-0.15, -0.1) is 11.3 Å². The third kappa shape index (κ3) is 2.76. The summed E-state index contributed by atoms with van der Waals surface area (Å²) < 4.78 is 6.93. The van der Waals surface area contributed by atoms with Gasteiger partial charge in [-0.3, -0.25) is 14.5 Å². The fourth-order valence-corrected chi connectivity index (χ4v) is 4.65. The Kier molecular flexibility index (Phi) is 4.18. The van der Waals surface area contributed by atoms with E-state index in [4.69, 9.17) is 4.42 Å². The first-order chi connectivity index (χ1) is 14.0. The molecule has 0 saturated carbocycles. The molecule has 3 heterocycles. The number of rotatable bonds is 2. The van der Waals surface area contributed by atoms with Crippen LogP contribution in [-0.4, -0.2) is 10.9 Å². The number of hydrogen-bond donors (Lipinski definition) is 0. The number of amides is 1. The van der Waals surface area contributed by atoms with Gasteiger partial charge in [-0.2, -0.15) is 0 Å². The predicted octanol–water partition coefficient (Wildman–Crippen LogP) is 5.38. The Morgan fingerprint density at radius 2 is 1.83 bits per heavy atom. The maximum absolute atomic E-state index is 13.5. The van der Waals surface area contributed by atoms with Gasteiger partial charge < -0.3 is 4.42 Å². The maximum Gasteiger partial charge on any atom is 0.297 e. The quantitative estimate of drug-likeness (QED) is 0.397. The minimum Gasteiger partial charge on any atom is -0.450 e. The molecule has 1 atom stereocenters. The summed E-state index contributed by atoms with van der Waals surface area (Å²) in [7, 11) is 0. The molecule has 1 unspecified atom stereocenters. The summed E-state index contributed by atoms with van der Waals surface area (Å²) in [5.74, 6) is -0.256. The van der Waals surface area contributed by atoms with Crippen molar-refractivity contribution < 1.29 is 9.21 Å². The molecule has 0 spiro atoms. The van der Waals surface area contributed by atoms with Gasteiger partial charge in [0.2, 0.25) is 5.76 Å². The zero-order valence-electron chi connectivity index (χ0n) is 15.6. The van der Waals surface area contributed by atoms with E-state index in [1.54, 1.807) is 11.1 Å². The Balaban J connectivity index is 1.84. The van der Waals surface area contributed by atoms with Crippen LogP contribution in [0.5, 0.6) is 0 Å². The van der Waals surface area contributed by atoms with Crippen LogP contribution in [0.4, 0.5) is 5.13 Å². The monoisotopic (exact) mass is 466 g/mol. The van der Waals surface area contributed by atoms with E-state index in [0.717, 1.165) is 21.2 Å². The number of benzene rings is 2. The molecule has 0 saturated heterocycles. The van der Waals surface area contributed by atoms with Crippen molar-refractivity contribution in [1.29, 1.82) is 0 Å². The third-order valence-corrected chi connectivity index (χ3v) is 6.60. The molecule has 0 fully saturated rings. The molecule has 1 aliphatic heterocycles. The first-order valence-electron chi connectivity index (χ1n) is 9.02. The minimum atomic E-state index is -0.584. The molecular formula is C22H15BrN2O3S. The lowest BCUT2D eigenvalue weighted by atomic mass is 9.98. The van der Waals surface area contributed by atoms with Crippen molar-refractivity contribution in [1.82, 2.24) is 4.98 Å². The van der Waals surface area contributed by atoms with Crippen LogP contribution in [0.1, 0.15) is 38.9 Å². The van der Waals surface area contributed by atoms with Crippen LogP contribution in [0.2, 0.25) is 0 Å². The number of carbonyl (C=O) groups is 1. The van der Waals surface area contributed by atoms with Crippen LogP contribution >= 0.6 is 27.3 Å². The Morgan fingerprint density at radius 3 is 2.52 bits per heavy atom. The molecule has 29 heavy (non-hydrogen) atoms. The van der Waals surface area contributed by atoms with E-state index in [2.05, 4.69) is 20.9 Å². The van der Waals surface area contributed by atoms with Gasteiger partial charge in [0.1, 0.15) is 5.58 Å². The van der Waals surface area contributed by atoms with Crippen LogP contribution in [0.25, 0.3) is 11.0 Å². The molecule has 5 nitrogen and oxygen atoms in total. The van der Waals surface area contributed by atoms with E-state index < -0.39 is 6.04 Å². The van der Waals surface area contributed by atoms with Gasteiger partial charge >= 0.3 is 0 Å². The fourth-order valence-electron chi connectivity index (χ4n) is 3.72. The summed E-state index contributed by atoms with van der Waals surface area (Å²) >= 11 is 4.79. The van der Waals surface area contributed by atoms with Crippen molar-refractivity contribution in [3.63, 3.8) is 0 Å². The number of fused-ring (bicyclic) bond motifs is 2. The molecule has 2 aromatic carbocycles. The van der Waals surface area contributed by atoms with E-state index in [-0.39, 0.29) is 17.1 Å². The van der Waals surface area contributed by atoms with E-state index >= 15 is 0 Å². The van der Waals surface area contributed by atoms with Gasteiger partial charge in [-0.05, 0) is 54.8 Å². The van der Waals surface area contributed by atoms with Gasteiger partial charge in [-0.25, -0.2) is 4.98 Å². The lowest BCUT2D eigenvalue weighted by Gasteiger charge is -2.22. The van der Waals surface area contributed by atoms with Crippen molar-refractivity contribution in [3.05, 3.63) is 90.7 Å². The molecule has 7 heteroatoms. The number of aryl methyl sites for hydroxylation is 2. The van der Waals surface area contributed by atoms with E-state index in [1.807, 2.05) is 55.6 Å². The van der Waals surface area contributed by atoms with Gasteiger partial charge in [-0.1, -0.05) is 28.1 Å². The highest BCUT2D eigenvalue weighted by molar-refractivity contribution is 9.10. The first-order valence-corrected chi connectivity index (χ1v) is 10.7. The smallest absolute Gasteiger partial charge is 0.297 e. The molecule has 0 radical (unpaired) electrons. The summed E-state index contributed by atoms with van der Waals surface area (Å²) in [6.45, 7) is 3.91. The molecule has 144 valence electrons. The number of aromatic nitrogens is 1. The molecular weight excluding hydrogens is 452 g/mol. The molecule has 0 aliphatic carbocycles. The van der Waals surface area contributed by atoms with Crippen LogP contribution in [-0.2, 0) is 0 Å². The van der Waals surface area contributed by atoms with Crippen molar-refractivity contribution in [3.8, 4) is 0 Å². The summed E-state index contributed by atoms with van der Waals surface area (Å²) in [4.78, 5) is 32.8. The zero-order chi connectivity index (χ0) is 20.3. The second-order valence-corrected chi connectivity index (χ2v) is 8.84. The van der Waals surface area contributed by atoms with Crippen molar-refractivity contribution in [2.24, 2.45) is 0 Å². The molecule has 1 amide bonds. The highest BCUT2D eigenvalue weighted by Gasteiger charge is 2.44.